The highest BCUT2D eigenvalue weighted by Crippen LogP contribution is 2.42. The molecule has 2 aliphatic rings. The summed E-state index contributed by atoms with van der Waals surface area (Å²) in [7, 11) is -5.75. The Kier molecular flexibility index (Phi) is 6.48. The van der Waals surface area contributed by atoms with Crippen molar-refractivity contribution in [1.82, 2.24) is 9.88 Å². The SMILES string of the molecule is O=S(=O)(Oc1ccc2c(c1)CCC(c1ccccn1)=C2c1ccc(OCCN2CC2)cc1)C(F)(F)F. The lowest BCUT2D eigenvalue weighted by Gasteiger charge is -2.24. The molecule has 1 saturated heterocycles. The maximum atomic E-state index is 12.8. The van der Waals surface area contributed by atoms with Crippen LogP contribution in [0.25, 0.3) is 11.1 Å². The van der Waals surface area contributed by atoms with Crippen molar-refractivity contribution in [3.8, 4) is 11.5 Å². The van der Waals surface area contributed by atoms with E-state index in [0.29, 0.717) is 25.0 Å². The third kappa shape index (κ3) is 5.24. The number of allylic oxidation sites excluding steroid dienone is 1. The second-order valence-electron chi connectivity index (χ2n) is 8.59. The summed E-state index contributed by atoms with van der Waals surface area (Å²) in [4.78, 5) is 6.78. The van der Waals surface area contributed by atoms with Gasteiger partial charge in [-0.1, -0.05) is 24.3 Å². The van der Waals surface area contributed by atoms with Gasteiger partial charge in [0.2, 0.25) is 0 Å². The predicted molar refractivity (Wildman–Crippen MR) is 129 cm³/mol. The minimum atomic E-state index is -5.75. The van der Waals surface area contributed by atoms with Gasteiger partial charge >= 0.3 is 15.6 Å². The number of halogens is 3. The lowest BCUT2D eigenvalue weighted by molar-refractivity contribution is -0.0500. The number of ether oxygens (including phenoxy) is 1. The first-order valence-electron chi connectivity index (χ1n) is 11.5. The standard InChI is InChI=1S/C26H23F3N2O4S/c27-26(28,29)36(32,33)35-21-9-11-22-19(17-21)6-10-23(24-3-1-2-12-30-24)25(22)18-4-7-20(8-5-18)34-16-15-31-13-14-31/h1-5,7-9,11-12,17H,6,10,13-16H2. The fourth-order valence-corrected chi connectivity index (χ4v) is 4.68. The second kappa shape index (κ2) is 9.59. The molecular formula is C26H23F3N2O4S. The number of nitrogens with zero attached hydrogens (tertiary/aromatic N) is 2. The van der Waals surface area contributed by atoms with Crippen molar-refractivity contribution in [2.24, 2.45) is 0 Å². The monoisotopic (exact) mass is 516 g/mol. The largest absolute Gasteiger partial charge is 0.534 e. The van der Waals surface area contributed by atoms with Gasteiger partial charge in [-0.25, -0.2) is 0 Å². The van der Waals surface area contributed by atoms with Crippen LogP contribution in [0.5, 0.6) is 11.5 Å². The fraction of sp³-hybridized carbons (Fsp3) is 0.269. The van der Waals surface area contributed by atoms with E-state index in [2.05, 4.69) is 14.1 Å². The molecule has 1 aliphatic heterocycles. The smallest absolute Gasteiger partial charge is 0.492 e. The first kappa shape index (κ1) is 24.3. The highest BCUT2D eigenvalue weighted by Gasteiger charge is 2.48. The zero-order valence-corrected chi connectivity index (χ0v) is 20.0. The molecule has 0 spiro atoms. The number of fused-ring (bicyclic) bond motifs is 1. The quantitative estimate of drug-likeness (QED) is 0.241. The van der Waals surface area contributed by atoms with E-state index in [1.807, 2.05) is 42.5 Å². The number of pyridine rings is 1. The molecule has 1 aliphatic carbocycles. The average molecular weight is 517 g/mol. The Bertz CT molecular complexity index is 1380. The van der Waals surface area contributed by atoms with Crippen molar-refractivity contribution in [3.63, 3.8) is 0 Å². The Morgan fingerprint density at radius 1 is 0.944 bits per heavy atom. The van der Waals surface area contributed by atoms with Crippen LogP contribution in [0, 0.1) is 0 Å². The molecule has 0 radical (unpaired) electrons. The van der Waals surface area contributed by atoms with Crippen molar-refractivity contribution in [2.75, 3.05) is 26.2 Å². The van der Waals surface area contributed by atoms with Crippen LogP contribution in [0.2, 0.25) is 0 Å². The Morgan fingerprint density at radius 3 is 2.36 bits per heavy atom. The first-order valence-corrected chi connectivity index (χ1v) is 12.9. The summed E-state index contributed by atoms with van der Waals surface area (Å²) >= 11 is 0. The van der Waals surface area contributed by atoms with E-state index in [0.717, 1.165) is 53.4 Å². The summed E-state index contributed by atoms with van der Waals surface area (Å²) in [6.07, 6.45) is 2.77. The normalized spacial score (nSPS) is 16.0. The summed E-state index contributed by atoms with van der Waals surface area (Å²) in [5.41, 5.74) is -0.443. The molecule has 10 heteroatoms. The van der Waals surface area contributed by atoms with Crippen LogP contribution < -0.4 is 8.92 Å². The molecule has 0 atom stereocenters. The minimum Gasteiger partial charge on any atom is -0.492 e. The molecule has 0 bridgehead atoms. The van der Waals surface area contributed by atoms with Crippen LogP contribution in [0.1, 0.15) is 28.8 Å². The summed E-state index contributed by atoms with van der Waals surface area (Å²) in [6.45, 7) is 3.72. The molecule has 2 aromatic carbocycles. The lowest BCUT2D eigenvalue weighted by Crippen LogP contribution is -2.28. The van der Waals surface area contributed by atoms with Gasteiger partial charge in [-0.15, -0.1) is 0 Å². The number of hydrogen-bond acceptors (Lipinski definition) is 6. The lowest BCUT2D eigenvalue weighted by atomic mass is 9.81. The molecule has 0 N–H and O–H groups in total. The van der Waals surface area contributed by atoms with Crippen LogP contribution in [-0.4, -0.2) is 50.1 Å². The van der Waals surface area contributed by atoms with Crippen molar-refractivity contribution in [3.05, 3.63) is 89.2 Å². The number of aryl methyl sites for hydroxylation is 1. The van der Waals surface area contributed by atoms with E-state index in [-0.39, 0.29) is 5.75 Å². The van der Waals surface area contributed by atoms with Gasteiger partial charge in [0.05, 0.1) is 5.69 Å². The van der Waals surface area contributed by atoms with E-state index in [1.54, 1.807) is 12.3 Å². The van der Waals surface area contributed by atoms with Gasteiger partial charge < -0.3 is 8.92 Å². The van der Waals surface area contributed by atoms with Gasteiger partial charge in [0.25, 0.3) is 0 Å². The van der Waals surface area contributed by atoms with Crippen molar-refractivity contribution in [2.45, 2.75) is 18.3 Å². The molecule has 0 saturated carbocycles. The zero-order valence-electron chi connectivity index (χ0n) is 19.2. The molecule has 2 heterocycles. The molecule has 6 nitrogen and oxygen atoms in total. The highest BCUT2D eigenvalue weighted by atomic mass is 32.2. The van der Waals surface area contributed by atoms with Crippen LogP contribution >= 0.6 is 0 Å². The van der Waals surface area contributed by atoms with Crippen LogP contribution in [-0.2, 0) is 16.5 Å². The summed E-state index contributed by atoms with van der Waals surface area (Å²) in [5.74, 6) is 0.375. The average Bonchev–Trinajstić information content (AvgIpc) is 3.68. The van der Waals surface area contributed by atoms with Gasteiger partial charge in [0.15, 0.2) is 0 Å². The minimum absolute atomic E-state index is 0.373. The maximum absolute atomic E-state index is 12.8. The Balaban J connectivity index is 1.50. The van der Waals surface area contributed by atoms with Crippen molar-refractivity contribution >= 4 is 21.3 Å². The van der Waals surface area contributed by atoms with Gasteiger partial charge in [-0.3, -0.25) is 9.88 Å². The van der Waals surface area contributed by atoms with E-state index in [1.165, 1.54) is 12.1 Å². The van der Waals surface area contributed by atoms with E-state index >= 15 is 0 Å². The van der Waals surface area contributed by atoms with E-state index in [9.17, 15) is 21.6 Å². The fourth-order valence-electron chi connectivity index (χ4n) is 4.23. The summed E-state index contributed by atoms with van der Waals surface area (Å²) in [5, 5.41) is 0. The molecule has 36 heavy (non-hydrogen) atoms. The van der Waals surface area contributed by atoms with Crippen LogP contribution in [0.4, 0.5) is 13.2 Å². The second-order valence-corrected chi connectivity index (χ2v) is 10.1. The molecule has 0 amide bonds. The van der Waals surface area contributed by atoms with Gasteiger partial charge in [-0.2, -0.15) is 21.6 Å². The first-order chi connectivity index (χ1) is 17.2. The van der Waals surface area contributed by atoms with Crippen LogP contribution in [0.15, 0.2) is 66.9 Å². The van der Waals surface area contributed by atoms with Crippen molar-refractivity contribution in [1.29, 1.82) is 0 Å². The number of alkyl halides is 3. The predicted octanol–water partition coefficient (Wildman–Crippen LogP) is 4.91. The molecule has 1 fully saturated rings. The van der Waals surface area contributed by atoms with E-state index < -0.39 is 15.6 Å². The van der Waals surface area contributed by atoms with Gasteiger partial charge in [0.1, 0.15) is 18.1 Å². The number of hydrogen-bond donors (Lipinski definition) is 0. The molecular weight excluding hydrogens is 493 g/mol. The number of aromatic nitrogens is 1. The Morgan fingerprint density at radius 2 is 1.69 bits per heavy atom. The highest BCUT2D eigenvalue weighted by molar-refractivity contribution is 7.88. The third-order valence-electron chi connectivity index (χ3n) is 6.11. The molecule has 188 valence electrons. The van der Waals surface area contributed by atoms with Gasteiger partial charge in [0, 0.05) is 25.8 Å². The molecule has 1 aromatic heterocycles. The summed E-state index contributed by atoms with van der Waals surface area (Å²) in [6, 6.07) is 17.5. The molecule has 5 rings (SSSR count). The van der Waals surface area contributed by atoms with E-state index in [4.69, 9.17) is 4.74 Å². The molecule has 3 aromatic rings. The number of rotatable bonds is 8. The van der Waals surface area contributed by atoms with Gasteiger partial charge in [-0.05, 0) is 77.1 Å². The Hall–Kier alpha value is -3.37. The van der Waals surface area contributed by atoms with Crippen molar-refractivity contribution < 1.29 is 30.5 Å². The van der Waals surface area contributed by atoms with Crippen LogP contribution in [0.3, 0.4) is 0 Å². The Labute approximate surface area is 207 Å². The zero-order chi connectivity index (χ0) is 25.3. The molecule has 0 unspecified atom stereocenters. The topological polar surface area (TPSA) is 68.5 Å². The third-order valence-corrected chi connectivity index (χ3v) is 7.09. The maximum Gasteiger partial charge on any atom is 0.534 e. The summed E-state index contributed by atoms with van der Waals surface area (Å²) < 4.78 is 71.5. The number of benzene rings is 2.